The SMILES string of the molecule is NC(c1ccncc1F)c1ccc(F)cc1I. The molecule has 1 aromatic carbocycles. The molecule has 5 heteroatoms. The summed E-state index contributed by atoms with van der Waals surface area (Å²) in [5.74, 6) is -0.791. The summed E-state index contributed by atoms with van der Waals surface area (Å²) in [5.41, 5.74) is 7.02. The molecule has 0 radical (unpaired) electrons. The third kappa shape index (κ3) is 2.61. The lowest BCUT2D eigenvalue weighted by Crippen LogP contribution is -2.15. The predicted molar refractivity (Wildman–Crippen MR) is 69.3 cm³/mol. The minimum Gasteiger partial charge on any atom is -0.320 e. The summed E-state index contributed by atoms with van der Waals surface area (Å²) < 4.78 is 27.2. The third-order valence-electron chi connectivity index (χ3n) is 2.44. The molecule has 0 aliphatic rings. The fraction of sp³-hybridized carbons (Fsp3) is 0.0833. The lowest BCUT2D eigenvalue weighted by molar-refractivity contribution is 0.592. The van der Waals surface area contributed by atoms with E-state index >= 15 is 0 Å². The van der Waals surface area contributed by atoms with Crippen LogP contribution in [-0.2, 0) is 0 Å². The van der Waals surface area contributed by atoms with Crippen molar-refractivity contribution in [2.45, 2.75) is 6.04 Å². The molecule has 17 heavy (non-hydrogen) atoms. The van der Waals surface area contributed by atoms with Crippen molar-refractivity contribution < 1.29 is 8.78 Å². The fourth-order valence-electron chi connectivity index (χ4n) is 1.56. The molecule has 0 saturated heterocycles. The van der Waals surface area contributed by atoms with Crippen molar-refractivity contribution in [3.05, 3.63) is 63.0 Å². The Bertz CT molecular complexity index is 546. The quantitative estimate of drug-likeness (QED) is 0.850. The number of nitrogens with zero attached hydrogens (tertiary/aromatic N) is 1. The van der Waals surface area contributed by atoms with Crippen LogP contribution >= 0.6 is 22.6 Å². The maximum absolute atomic E-state index is 13.5. The molecule has 0 aliphatic heterocycles. The Labute approximate surface area is 111 Å². The van der Waals surface area contributed by atoms with Crippen molar-refractivity contribution in [3.8, 4) is 0 Å². The Morgan fingerprint density at radius 1 is 1.18 bits per heavy atom. The number of hydrogen-bond donors (Lipinski definition) is 1. The number of aromatic nitrogens is 1. The molecule has 1 atom stereocenters. The molecule has 2 aromatic rings. The van der Waals surface area contributed by atoms with Gasteiger partial charge in [0.1, 0.15) is 11.6 Å². The molecule has 88 valence electrons. The summed E-state index contributed by atoms with van der Waals surface area (Å²) in [6, 6.07) is 5.16. The van der Waals surface area contributed by atoms with Crippen LogP contribution in [0.25, 0.3) is 0 Å². The van der Waals surface area contributed by atoms with Crippen LogP contribution in [-0.4, -0.2) is 4.98 Å². The Balaban J connectivity index is 2.44. The van der Waals surface area contributed by atoms with E-state index in [-0.39, 0.29) is 5.82 Å². The Morgan fingerprint density at radius 2 is 1.94 bits per heavy atom. The molecule has 1 aromatic heterocycles. The van der Waals surface area contributed by atoms with Crippen molar-refractivity contribution in [2.24, 2.45) is 5.73 Å². The van der Waals surface area contributed by atoms with Gasteiger partial charge in [0.15, 0.2) is 0 Å². The molecule has 2 nitrogen and oxygen atoms in total. The van der Waals surface area contributed by atoms with E-state index in [1.54, 1.807) is 6.07 Å². The predicted octanol–water partition coefficient (Wildman–Crippen LogP) is 3.01. The van der Waals surface area contributed by atoms with E-state index in [1.807, 2.05) is 22.6 Å². The summed E-state index contributed by atoms with van der Waals surface area (Å²) in [4.78, 5) is 3.67. The van der Waals surface area contributed by atoms with Gasteiger partial charge in [-0.05, 0) is 46.4 Å². The lowest BCUT2D eigenvalue weighted by Gasteiger charge is -2.14. The van der Waals surface area contributed by atoms with Gasteiger partial charge in [0.25, 0.3) is 0 Å². The van der Waals surface area contributed by atoms with E-state index in [0.29, 0.717) is 14.7 Å². The van der Waals surface area contributed by atoms with Gasteiger partial charge in [-0.3, -0.25) is 4.98 Å². The normalized spacial score (nSPS) is 12.5. The second-order valence-electron chi connectivity index (χ2n) is 3.54. The minimum absolute atomic E-state index is 0.333. The van der Waals surface area contributed by atoms with Crippen LogP contribution in [0, 0.1) is 15.2 Å². The van der Waals surface area contributed by atoms with Gasteiger partial charge in [-0.1, -0.05) is 6.07 Å². The van der Waals surface area contributed by atoms with Crippen LogP contribution in [0.5, 0.6) is 0 Å². The average Bonchev–Trinajstić information content (AvgIpc) is 2.29. The smallest absolute Gasteiger partial charge is 0.146 e. The van der Waals surface area contributed by atoms with E-state index < -0.39 is 11.9 Å². The van der Waals surface area contributed by atoms with Crippen LogP contribution in [0.1, 0.15) is 17.2 Å². The van der Waals surface area contributed by atoms with Crippen molar-refractivity contribution in [3.63, 3.8) is 0 Å². The van der Waals surface area contributed by atoms with E-state index in [4.69, 9.17) is 5.73 Å². The average molecular weight is 346 g/mol. The number of rotatable bonds is 2. The summed E-state index contributed by atoms with van der Waals surface area (Å²) >= 11 is 1.98. The minimum atomic E-state index is -0.620. The van der Waals surface area contributed by atoms with Crippen LogP contribution in [0.15, 0.2) is 36.7 Å². The zero-order valence-corrected chi connectivity index (χ0v) is 10.9. The Hall–Kier alpha value is -1.08. The number of nitrogens with two attached hydrogens (primary N) is 1. The van der Waals surface area contributed by atoms with Gasteiger partial charge in [0, 0.05) is 15.3 Å². The summed E-state index contributed by atoms with van der Waals surface area (Å²) in [6.07, 6.45) is 2.60. The second kappa shape index (κ2) is 5.05. The maximum atomic E-state index is 13.5. The standard InChI is InChI=1S/C12H9F2IN2/c13-7-1-2-9(11(15)5-7)12(16)8-3-4-17-6-10(8)14/h1-6,12H,16H2. The highest BCUT2D eigenvalue weighted by Gasteiger charge is 2.16. The van der Waals surface area contributed by atoms with Gasteiger partial charge >= 0.3 is 0 Å². The highest BCUT2D eigenvalue weighted by Crippen LogP contribution is 2.26. The zero-order valence-electron chi connectivity index (χ0n) is 8.70. The van der Waals surface area contributed by atoms with E-state index in [0.717, 1.165) is 6.20 Å². The van der Waals surface area contributed by atoms with Gasteiger partial charge in [-0.2, -0.15) is 0 Å². The molecule has 0 saturated carbocycles. The molecule has 2 rings (SSSR count). The number of benzene rings is 1. The number of pyridine rings is 1. The van der Waals surface area contributed by atoms with Gasteiger partial charge < -0.3 is 5.73 Å². The Morgan fingerprint density at radius 3 is 2.59 bits per heavy atom. The van der Waals surface area contributed by atoms with Gasteiger partial charge in [0.05, 0.1) is 12.2 Å². The van der Waals surface area contributed by atoms with Gasteiger partial charge in [-0.25, -0.2) is 8.78 Å². The van der Waals surface area contributed by atoms with Crippen LogP contribution < -0.4 is 5.73 Å². The van der Waals surface area contributed by atoms with Gasteiger partial charge in [-0.15, -0.1) is 0 Å². The van der Waals surface area contributed by atoms with Crippen LogP contribution in [0.3, 0.4) is 0 Å². The monoisotopic (exact) mass is 346 g/mol. The first-order chi connectivity index (χ1) is 8.09. The number of hydrogen-bond acceptors (Lipinski definition) is 2. The molecule has 0 aliphatic carbocycles. The van der Waals surface area contributed by atoms with Crippen LogP contribution in [0.2, 0.25) is 0 Å². The highest BCUT2D eigenvalue weighted by molar-refractivity contribution is 14.1. The zero-order chi connectivity index (χ0) is 12.4. The lowest BCUT2D eigenvalue weighted by atomic mass is 10.0. The number of halogens is 3. The molecular formula is C12H9F2IN2. The molecule has 0 bridgehead atoms. The van der Waals surface area contributed by atoms with Crippen molar-refractivity contribution >= 4 is 22.6 Å². The first-order valence-electron chi connectivity index (χ1n) is 4.89. The largest absolute Gasteiger partial charge is 0.320 e. The molecule has 2 N–H and O–H groups in total. The van der Waals surface area contributed by atoms with E-state index in [2.05, 4.69) is 4.98 Å². The highest BCUT2D eigenvalue weighted by atomic mass is 127. The summed E-state index contributed by atoms with van der Waals surface area (Å²) in [6.45, 7) is 0. The molecule has 1 heterocycles. The molecular weight excluding hydrogens is 337 g/mol. The van der Waals surface area contributed by atoms with Crippen molar-refractivity contribution in [2.75, 3.05) is 0 Å². The fourth-order valence-corrected chi connectivity index (χ4v) is 2.37. The molecule has 0 fully saturated rings. The van der Waals surface area contributed by atoms with Crippen molar-refractivity contribution in [1.82, 2.24) is 4.98 Å². The molecule has 0 amide bonds. The molecule has 1 unspecified atom stereocenters. The van der Waals surface area contributed by atoms with Gasteiger partial charge in [0.2, 0.25) is 0 Å². The first-order valence-corrected chi connectivity index (χ1v) is 5.97. The van der Waals surface area contributed by atoms with E-state index in [1.165, 1.54) is 24.4 Å². The Kier molecular flexibility index (Phi) is 3.68. The topological polar surface area (TPSA) is 38.9 Å². The van der Waals surface area contributed by atoms with Crippen molar-refractivity contribution in [1.29, 1.82) is 0 Å². The summed E-state index contributed by atoms with van der Waals surface area (Å²) in [7, 11) is 0. The third-order valence-corrected chi connectivity index (χ3v) is 3.37. The maximum Gasteiger partial charge on any atom is 0.146 e. The first kappa shape index (κ1) is 12.4. The van der Waals surface area contributed by atoms with E-state index in [9.17, 15) is 8.78 Å². The van der Waals surface area contributed by atoms with Crippen LogP contribution in [0.4, 0.5) is 8.78 Å². The second-order valence-corrected chi connectivity index (χ2v) is 4.70. The molecule has 0 spiro atoms. The summed E-state index contributed by atoms with van der Waals surface area (Å²) in [5, 5.41) is 0.